The summed E-state index contributed by atoms with van der Waals surface area (Å²) in [6, 6.07) is 0.518. The number of alkyl halides is 2. The molecule has 0 unspecified atom stereocenters. The Kier molecular flexibility index (Phi) is 2.50. The van der Waals surface area contributed by atoms with Gasteiger partial charge in [-0.2, -0.15) is 0 Å². The molecule has 14 heavy (non-hydrogen) atoms. The number of nitrogens with one attached hydrogen (secondary N) is 1. The number of hydrogen-bond donors (Lipinski definition) is 3. The zero-order valence-corrected chi connectivity index (χ0v) is 6.75. The third kappa shape index (κ3) is 1.70. The van der Waals surface area contributed by atoms with E-state index in [-0.39, 0.29) is 0 Å². The number of carbonyl (C=O) groups is 1. The van der Waals surface area contributed by atoms with Crippen LogP contribution in [0.2, 0.25) is 0 Å². The molecule has 7 heteroatoms. The van der Waals surface area contributed by atoms with Gasteiger partial charge >= 0.3 is 5.97 Å². The molecule has 0 saturated heterocycles. The van der Waals surface area contributed by atoms with Crippen molar-refractivity contribution in [2.24, 2.45) is 0 Å². The molecule has 0 aromatic carbocycles. The Balaban J connectivity index is 3.40. The van der Waals surface area contributed by atoms with E-state index >= 15 is 0 Å². The number of nitrogens with two attached hydrogens (primary N) is 1. The minimum absolute atomic E-state index is 0.518. The van der Waals surface area contributed by atoms with Crippen molar-refractivity contribution >= 4 is 11.8 Å². The van der Waals surface area contributed by atoms with Gasteiger partial charge in [-0.15, -0.1) is 0 Å². The number of hydrogen-bond acceptors (Lipinski definition) is 3. The van der Waals surface area contributed by atoms with Crippen molar-refractivity contribution in [1.82, 2.24) is 4.98 Å². The smallest absolute Gasteiger partial charge is 0.343 e. The zero-order chi connectivity index (χ0) is 10.9. The summed E-state index contributed by atoms with van der Waals surface area (Å²) in [5.41, 5.74) is 2.63. The number of aromatic nitrogens is 1. The van der Waals surface area contributed by atoms with Crippen molar-refractivity contribution < 1.29 is 18.7 Å². The molecule has 0 radical (unpaired) electrons. The molecule has 76 valence electrons. The topological polar surface area (TPSA) is 96.2 Å². The normalized spacial score (nSPS) is 10.5. The lowest BCUT2D eigenvalue weighted by Gasteiger charge is -2.03. The fourth-order valence-electron chi connectivity index (χ4n) is 0.938. The number of aromatic carboxylic acids is 1. The van der Waals surface area contributed by atoms with E-state index in [0.717, 1.165) is 0 Å². The molecule has 0 aliphatic heterocycles. The lowest BCUT2D eigenvalue weighted by atomic mass is 10.2. The second kappa shape index (κ2) is 3.44. The lowest BCUT2D eigenvalue weighted by Crippen LogP contribution is -2.19. The maximum atomic E-state index is 12.1. The molecule has 5 nitrogen and oxygen atoms in total. The molecule has 1 heterocycles. The lowest BCUT2D eigenvalue weighted by molar-refractivity contribution is 0.0695. The summed E-state index contributed by atoms with van der Waals surface area (Å²) >= 11 is 0. The molecule has 0 atom stereocenters. The highest BCUT2D eigenvalue weighted by Crippen LogP contribution is 2.16. The Bertz CT molecular complexity index is 427. The number of carboxylic acid groups (broad SMARTS) is 1. The largest absolute Gasteiger partial charge is 0.477 e. The second-order valence-corrected chi connectivity index (χ2v) is 2.48. The van der Waals surface area contributed by atoms with Gasteiger partial charge in [0.1, 0.15) is 11.4 Å². The van der Waals surface area contributed by atoms with Crippen molar-refractivity contribution in [3.05, 3.63) is 27.5 Å². The average molecular weight is 204 g/mol. The Labute approximate surface area is 76.2 Å². The van der Waals surface area contributed by atoms with Crippen LogP contribution in [0.25, 0.3) is 0 Å². The third-order valence-electron chi connectivity index (χ3n) is 1.53. The van der Waals surface area contributed by atoms with Gasteiger partial charge in [0, 0.05) is 6.07 Å². The average Bonchev–Trinajstić information content (AvgIpc) is 2.01. The maximum absolute atomic E-state index is 12.1. The van der Waals surface area contributed by atoms with Crippen molar-refractivity contribution in [3.8, 4) is 0 Å². The molecule has 0 aliphatic rings. The summed E-state index contributed by atoms with van der Waals surface area (Å²) in [4.78, 5) is 23.4. The monoisotopic (exact) mass is 204 g/mol. The second-order valence-electron chi connectivity index (χ2n) is 2.48. The number of halogens is 2. The van der Waals surface area contributed by atoms with Gasteiger partial charge in [0.25, 0.3) is 6.43 Å². The first-order valence-corrected chi connectivity index (χ1v) is 3.47. The minimum Gasteiger partial charge on any atom is -0.477 e. The molecule has 0 saturated carbocycles. The number of aromatic amines is 1. The molecule has 0 amide bonds. The summed E-state index contributed by atoms with van der Waals surface area (Å²) in [5, 5.41) is 8.49. The van der Waals surface area contributed by atoms with Crippen molar-refractivity contribution in [2.45, 2.75) is 6.43 Å². The van der Waals surface area contributed by atoms with Crippen LogP contribution >= 0.6 is 0 Å². The Morgan fingerprint density at radius 2 is 2.14 bits per heavy atom. The van der Waals surface area contributed by atoms with Gasteiger partial charge in [0.2, 0.25) is 0 Å². The number of pyridine rings is 1. The number of anilines is 1. The molecular formula is C7H6F2N2O3. The fourth-order valence-corrected chi connectivity index (χ4v) is 0.938. The van der Waals surface area contributed by atoms with Gasteiger partial charge < -0.3 is 15.8 Å². The number of rotatable bonds is 2. The summed E-state index contributed by atoms with van der Waals surface area (Å²) in [6.45, 7) is 0. The first-order valence-electron chi connectivity index (χ1n) is 3.47. The van der Waals surface area contributed by atoms with Crippen molar-refractivity contribution in [1.29, 1.82) is 0 Å². The minimum atomic E-state index is -2.90. The quantitative estimate of drug-likeness (QED) is 0.656. The van der Waals surface area contributed by atoms with E-state index in [4.69, 9.17) is 10.8 Å². The Hall–Kier alpha value is -1.92. The van der Waals surface area contributed by atoms with Crippen LogP contribution in [-0.4, -0.2) is 16.1 Å². The zero-order valence-electron chi connectivity index (χ0n) is 6.75. The number of carboxylic acids is 1. The van der Waals surface area contributed by atoms with Crippen LogP contribution in [0.4, 0.5) is 14.6 Å². The van der Waals surface area contributed by atoms with Crippen LogP contribution in [0.3, 0.4) is 0 Å². The van der Waals surface area contributed by atoms with E-state index in [0.29, 0.717) is 6.07 Å². The molecule has 0 aliphatic carbocycles. The first-order chi connectivity index (χ1) is 6.43. The molecular weight excluding hydrogens is 198 g/mol. The summed E-state index contributed by atoms with van der Waals surface area (Å²) < 4.78 is 24.2. The molecule has 1 aromatic rings. The van der Waals surface area contributed by atoms with Crippen LogP contribution in [-0.2, 0) is 0 Å². The van der Waals surface area contributed by atoms with E-state index in [1.807, 2.05) is 4.98 Å². The highest BCUT2D eigenvalue weighted by atomic mass is 19.3. The fraction of sp³-hybridized carbons (Fsp3) is 0.143. The Morgan fingerprint density at radius 1 is 1.57 bits per heavy atom. The predicted molar refractivity (Wildman–Crippen MR) is 43.4 cm³/mol. The highest BCUT2D eigenvalue weighted by Gasteiger charge is 2.17. The van der Waals surface area contributed by atoms with Gasteiger partial charge in [-0.25, -0.2) is 13.6 Å². The van der Waals surface area contributed by atoms with Crippen LogP contribution in [0.1, 0.15) is 22.5 Å². The molecule has 4 N–H and O–H groups in total. The number of H-pyrrole nitrogens is 1. The van der Waals surface area contributed by atoms with Gasteiger partial charge in [-0.3, -0.25) is 4.79 Å². The van der Waals surface area contributed by atoms with Crippen LogP contribution in [0, 0.1) is 0 Å². The van der Waals surface area contributed by atoms with Crippen molar-refractivity contribution in [3.63, 3.8) is 0 Å². The maximum Gasteiger partial charge on any atom is 0.343 e. The SMILES string of the molecule is Nc1[nH]c(C(F)F)cc(=O)c1C(=O)O. The van der Waals surface area contributed by atoms with Crippen LogP contribution < -0.4 is 11.2 Å². The third-order valence-corrected chi connectivity index (χ3v) is 1.53. The van der Waals surface area contributed by atoms with E-state index in [1.165, 1.54) is 0 Å². The summed E-state index contributed by atoms with van der Waals surface area (Å²) in [7, 11) is 0. The Morgan fingerprint density at radius 3 is 2.50 bits per heavy atom. The summed E-state index contributed by atoms with van der Waals surface area (Å²) in [5.74, 6) is -2.12. The summed E-state index contributed by atoms with van der Waals surface area (Å²) in [6.07, 6.45) is -2.90. The van der Waals surface area contributed by atoms with Gasteiger partial charge in [-0.1, -0.05) is 0 Å². The molecule has 1 rings (SSSR count). The molecule has 0 spiro atoms. The van der Waals surface area contributed by atoms with Gasteiger partial charge in [0.15, 0.2) is 5.43 Å². The predicted octanol–water partition coefficient (Wildman–Crippen LogP) is 0.593. The molecule has 0 fully saturated rings. The van der Waals surface area contributed by atoms with Crippen molar-refractivity contribution in [2.75, 3.05) is 5.73 Å². The van der Waals surface area contributed by atoms with E-state index in [1.54, 1.807) is 0 Å². The van der Waals surface area contributed by atoms with E-state index in [2.05, 4.69) is 0 Å². The van der Waals surface area contributed by atoms with Gasteiger partial charge in [0.05, 0.1) is 5.69 Å². The standard InChI is InChI=1S/C7H6F2N2O3/c8-5(9)2-1-3(12)4(7(13)14)6(10)11-2/h1,5H,(H,13,14)(H3,10,11,12). The van der Waals surface area contributed by atoms with Gasteiger partial charge in [-0.05, 0) is 0 Å². The number of nitrogen functional groups attached to an aromatic ring is 1. The van der Waals surface area contributed by atoms with Crippen LogP contribution in [0.15, 0.2) is 10.9 Å². The first kappa shape index (κ1) is 10.2. The highest BCUT2D eigenvalue weighted by molar-refractivity contribution is 5.92. The van der Waals surface area contributed by atoms with Crippen LogP contribution in [0.5, 0.6) is 0 Å². The van der Waals surface area contributed by atoms with E-state index in [9.17, 15) is 18.4 Å². The van der Waals surface area contributed by atoms with E-state index < -0.39 is 34.9 Å². The molecule has 0 bridgehead atoms. The molecule has 1 aromatic heterocycles.